The van der Waals surface area contributed by atoms with Gasteiger partial charge >= 0.3 is 17.6 Å². The van der Waals surface area contributed by atoms with Crippen LogP contribution in [0.5, 0.6) is 5.75 Å². The molecule has 1 atom stereocenters. The van der Waals surface area contributed by atoms with Crippen molar-refractivity contribution in [3.63, 3.8) is 0 Å². The number of anilines is 1. The van der Waals surface area contributed by atoms with Crippen LogP contribution >= 0.6 is 0 Å². The highest BCUT2D eigenvalue weighted by Crippen LogP contribution is 2.47. The van der Waals surface area contributed by atoms with Gasteiger partial charge in [-0.1, -0.05) is 12.1 Å². The molecule has 1 fully saturated rings. The summed E-state index contributed by atoms with van der Waals surface area (Å²) < 4.78 is 49.3. The van der Waals surface area contributed by atoms with E-state index in [1.165, 1.54) is 9.36 Å². The van der Waals surface area contributed by atoms with E-state index in [0.29, 0.717) is 5.75 Å². The lowest BCUT2D eigenvalue weighted by Crippen LogP contribution is -2.46. The Balaban J connectivity index is 1.46. The molecule has 0 saturated carbocycles. The minimum absolute atomic E-state index is 0.0842. The van der Waals surface area contributed by atoms with Crippen LogP contribution in [0.3, 0.4) is 0 Å². The highest BCUT2D eigenvalue weighted by molar-refractivity contribution is 5.58. The molecule has 0 bridgehead atoms. The number of likely N-dealkylation sites (N-methyl/N-ethyl adjacent to an activating group) is 1. The zero-order valence-electron chi connectivity index (χ0n) is 21.3. The van der Waals surface area contributed by atoms with Gasteiger partial charge in [0.2, 0.25) is 0 Å². The van der Waals surface area contributed by atoms with Crippen LogP contribution in [0.25, 0.3) is 5.69 Å². The summed E-state index contributed by atoms with van der Waals surface area (Å²) in [5.74, 6) is 0.642. The molecule has 0 amide bonds. The topological polar surface area (TPSA) is 64.6 Å². The predicted molar refractivity (Wildman–Crippen MR) is 136 cm³/mol. The summed E-state index contributed by atoms with van der Waals surface area (Å²) in [6.45, 7) is 7.71. The number of ether oxygens (including phenoxy) is 1. The second-order valence-corrected chi connectivity index (χ2v) is 10.6. The standard InChI is InChI=1S/C27H28F3N5O3/c1-26(2)21-10-11-33-24(36)34(18-6-4-17(5-7-18)27(28,29)30)25(37)35(33)23(21)20-9-8-19(16-22(20)38-26)32-14-12-31(3)13-15-32/h4-10,16,23H,11-15H2,1-3H3. The molecule has 0 aliphatic carbocycles. The molecule has 3 aromatic rings. The van der Waals surface area contributed by atoms with Gasteiger partial charge in [0.05, 0.1) is 17.8 Å². The number of piperazine rings is 1. The number of hydrogen-bond acceptors (Lipinski definition) is 5. The monoisotopic (exact) mass is 527 g/mol. The Hall–Kier alpha value is -3.73. The van der Waals surface area contributed by atoms with Crippen LogP contribution in [0.2, 0.25) is 0 Å². The number of aromatic nitrogens is 3. The Labute approximate surface area is 216 Å². The van der Waals surface area contributed by atoms with Gasteiger partial charge in [-0.3, -0.25) is 0 Å². The van der Waals surface area contributed by atoms with Crippen molar-refractivity contribution in [2.45, 2.75) is 38.2 Å². The summed E-state index contributed by atoms with van der Waals surface area (Å²) in [6.07, 6.45) is -2.61. The first-order valence-electron chi connectivity index (χ1n) is 12.5. The summed E-state index contributed by atoms with van der Waals surface area (Å²) in [5.41, 5.74) is -0.0857. The SMILES string of the molecule is CN1CCN(c2ccc3c(c2)OC(C)(C)C2=CCn4c(=O)n(-c5ccc(C(F)(F)F)cc5)c(=O)n4C23)CC1. The smallest absolute Gasteiger partial charge is 0.416 e. The summed E-state index contributed by atoms with van der Waals surface area (Å²) in [6, 6.07) is 9.41. The van der Waals surface area contributed by atoms with Gasteiger partial charge in [-0.15, -0.1) is 0 Å². The summed E-state index contributed by atoms with van der Waals surface area (Å²) >= 11 is 0. The molecule has 2 aromatic carbocycles. The molecule has 8 nitrogen and oxygen atoms in total. The van der Waals surface area contributed by atoms with E-state index in [4.69, 9.17) is 4.74 Å². The molecule has 1 unspecified atom stereocenters. The van der Waals surface area contributed by atoms with E-state index in [1.807, 2.05) is 38.1 Å². The largest absolute Gasteiger partial charge is 0.483 e. The van der Waals surface area contributed by atoms with E-state index in [0.717, 1.165) is 71.8 Å². The number of halogens is 3. The first-order chi connectivity index (χ1) is 18.0. The fourth-order valence-corrected chi connectivity index (χ4v) is 5.67. The quantitative estimate of drug-likeness (QED) is 0.479. The van der Waals surface area contributed by atoms with Gasteiger partial charge < -0.3 is 14.5 Å². The van der Waals surface area contributed by atoms with E-state index in [1.54, 1.807) is 0 Å². The van der Waals surface area contributed by atoms with Gasteiger partial charge in [0.15, 0.2) is 0 Å². The Kier molecular flexibility index (Phi) is 5.43. The molecule has 38 heavy (non-hydrogen) atoms. The zero-order chi connectivity index (χ0) is 27.0. The lowest BCUT2D eigenvalue weighted by Gasteiger charge is -2.43. The van der Waals surface area contributed by atoms with Crippen LogP contribution in [-0.2, 0) is 12.7 Å². The Bertz CT molecular complexity index is 1550. The minimum Gasteiger partial charge on any atom is -0.483 e. The molecule has 0 spiro atoms. The molecular weight excluding hydrogens is 499 g/mol. The summed E-state index contributed by atoms with van der Waals surface area (Å²) in [4.78, 5) is 31.7. The molecule has 3 aliphatic heterocycles. The van der Waals surface area contributed by atoms with Gasteiger partial charge in [0.1, 0.15) is 17.4 Å². The van der Waals surface area contributed by atoms with Gasteiger partial charge in [-0.25, -0.2) is 23.5 Å². The van der Waals surface area contributed by atoms with Gasteiger partial charge in [0.25, 0.3) is 0 Å². The molecule has 1 saturated heterocycles. The molecule has 0 radical (unpaired) electrons. The van der Waals surface area contributed by atoms with Crippen molar-refractivity contribution in [1.29, 1.82) is 0 Å². The fourth-order valence-electron chi connectivity index (χ4n) is 5.67. The van der Waals surface area contributed by atoms with Crippen molar-refractivity contribution >= 4 is 5.69 Å². The van der Waals surface area contributed by atoms with Crippen LogP contribution in [0.1, 0.15) is 31.0 Å². The van der Waals surface area contributed by atoms with Crippen molar-refractivity contribution < 1.29 is 17.9 Å². The number of alkyl halides is 3. The lowest BCUT2D eigenvalue weighted by atomic mass is 9.83. The van der Waals surface area contributed by atoms with Crippen LogP contribution in [0.4, 0.5) is 18.9 Å². The Morgan fingerprint density at radius 1 is 0.921 bits per heavy atom. The fraction of sp³-hybridized carbons (Fsp3) is 0.407. The second kappa shape index (κ2) is 8.39. The third-order valence-electron chi connectivity index (χ3n) is 7.76. The molecular formula is C27H28F3N5O3. The minimum atomic E-state index is -4.52. The molecule has 200 valence electrons. The van der Waals surface area contributed by atoms with Crippen molar-refractivity contribution in [3.05, 3.63) is 86.2 Å². The van der Waals surface area contributed by atoms with Crippen LogP contribution in [0.15, 0.2) is 63.7 Å². The average Bonchev–Trinajstić information content (AvgIpc) is 3.13. The third-order valence-corrected chi connectivity index (χ3v) is 7.76. The molecule has 11 heteroatoms. The second-order valence-electron chi connectivity index (χ2n) is 10.6. The number of fused-ring (bicyclic) bond motifs is 5. The summed E-state index contributed by atoms with van der Waals surface area (Å²) in [5, 5.41) is 0. The third kappa shape index (κ3) is 3.79. The number of rotatable bonds is 2. The predicted octanol–water partition coefficient (Wildman–Crippen LogP) is 3.27. The maximum Gasteiger partial charge on any atom is 0.416 e. The number of benzene rings is 2. The molecule has 3 aliphatic rings. The van der Waals surface area contributed by atoms with Gasteiger partial charge in [-0.2, -0.15) is 13.2 Å². The summed E-state index contributed by atoms with van der Waals surface area (Å²) in [7, 11) is 2.10. The molecule has 1 aromatic heterocycles. The van der Waals surface area contributed by atoms with E-state index in [2.05, 4.69) is 16.8 Å². The molecule has 6 rings (SSSR count). The van der Waals surface area contributed by atoms with Crippen molar-refractivity contribution in [2.24, 2.45) is 0 Å². The van der Waals surface area contributed by atoms with Crippen molar-refractivity contribution in [3.8, 4) is 11.4 Å². The number of hydrogen-bond donors (Lipinski definition) is 0. The van der Waals surface area contributed by atoms with E-state index >= 15 is 0 Å². The lowest BCUT2D eigenvalue weighted by molar-refractivity contribution is -0.137. The maximum atomic E-state index is 13.7. The van der Waals surface area contributed by atoms with Gasteiger partial charge in [0, 0.05) is 43.5 Å². The van der Waals surface area contributed by atoms with Crippen molar-refractivity contribution in [2.75, 3.05) is 38.1 Å². The molecule has 0 N–H and O–H groups in total. The Morgan fingerprint density at radius 2 is 1.58 bits per heavy atom. The zero-order valence-corrected chi connectivity index (χ0v) is 21.3. The van der Waals surface area contributed by atoms with Crippen LogP contribution in [0, 0.1) is 0 Å². The first kappa shape index (κ1) is 24.6. The molecule has 4 heterocycles. The number of nitrogens with zero attached hydrogens (tertiary/aromatic N) is 5. The van der Waals surface area contributed by atoms with Crippen molar-refractivity contribution in [1.82, 2.24) is 18.8 Å². The highest BCUT2D eigenvalue weighted by Gasteiger charge is 2.44. The van der Waals surface area contributed by atoms with E-state index in [9.17, 15) is 22.8 Å². The highest BCUT2D eigenvalue weighted by atomic mass is 19.4. The van der Waals surface area contributed by atoms with E-state index in [-0.39, 0.29) is 12.2 Å². The average molecular weight is 528 g/mol. The number of allylic oxidation sites excluding steroid dienone is 1. The first-order valence-corrected chi connectivity index (χ1v) is 12.5. The normalized spacial score (nSPS) is 20.7. The van der Waals surface area contributed by atoms with Gasteiger partial charge in [-0.05, 0) is 56.8 Å². The van der Waals surface area contributed by atoms with Crippen LogP contribution < -0.4 is 21.0 Å². The van der Waals surface area contributed by atoms with E-state index < -0.39 is 34.8 Å². The Morgan fingerprint density at radius 3 is 2.24 bits per heavy atom. The maximum absolute atomic E-state index is 13.7. The van der Waals surface area contributed by atoms with Crippen LogP contribution in [-0.4, -0.2) is 57.7 Å².